The highest BCUT2D eigenvalue weighted by Crippen LogP contribution is 2.29. The summed E-state index contributed by atoms with van der Waals surface area (Å²) in [6.45, 7) is 2.50. The third-order valence-corrected chi connectivity index (χ3v) is 3.59. The largest absolute Gasteiger partial charge is 0.465 e. The summed E-state index contributed by atoms with van der Waals surface area (Å²) in [6.07, 6.45) is 3.21. The number of nitrogens with one attached hydrogen (secondary N) is 1. The highest BCUT2D eigenvalue weighted by atomic mass is 32.2. The van der Waals surface area contributed by atoms with Crippen LogP contribution in [0.2, 0.25) is 0 Å². The number of ether oxygens (including phenoxy) is 1. The Balaban J connectivity index is 2.44. The summed E-state index contributed by atoms with van der Waals surface area (Å²) < 4.78 is 28.9. The first-order chi connectivity index (χ1) is 9.31. The Kier molecular flexibility index (Phi) is 6.41. The van der Waals surface area contributed by atoms with E-state index in [1.54, 1.807) is 6.92 Å². The van der Waals surface area contributed by atoms with Gasteiger partial charge in [0.05, 0.1) is 12.9 Å². The van der Waals surface area contributed by atoms with Crippen molar-refractivity contribution in [3.8, 4) is 0 Å². The first-order valence-electron chi connectivity index (χ1n) is 6.70. The predicted octanol–water partition coefficient (Wildman–Crippen LogP) is -0.273. The molecule has 0 heterocycles. The van der Waals surface area contributed by atoms with Crippen LogP contribution < -0.4 is 4.72 Å². The fourth-order valence-corrected chi connectivity index (χ4v) is 2.20. The van der Waals surface area contributed by atoms with Gasteiger partial charge in [-0.25, -0.2) is 13.1 Å². The molecule has 0 radical (unpaired) electrons. The van der Waals surface area contributed by atoms with Crippen LogP contribution in [-0.4, -0.2) is 57.7 Å². The van der Waals surface area contributed by atoms with Crippen molar-refractivity contribution in [1.29, 1.82) is 0 Å². The third-order valence-electron chi connectivity index (χ3n) is 2.86. The van der Waals surface area contributed by atoms with Crippen LogP contribution >= 0.6 is 0 Å². The molecule has 0 unspecified atom stereocenters. The van der Waals surface area contributed by atoms with E-state index < -0.39 is 16.0 Å². The second-order valence-electron chi connectivity index (χ2n) is 4.94. The smallest absolute Gasteiger partial charge is 0.325 e. The van der Waals surface area contributed by atoms with E-state index in [0.717, 1.165) is 19.1 Å². The van der Waals surface area contributed by atoms with Crippen molar-refractivity contribution in [2.45, 2.75) is 26.2 Å². The van der Waals surface area contributed by atoms with Gasteiger partial charge in [-0.1, -0.05) is 0 Å². The molecule has 1 N–H and O–H groups in total. The SMILES string of the molecule is CCOC(=O)CN(CC1CC1)C(=O)CCNS(C)(=O)=O. The molecule has 0 spiro atoms. The van der Waals surface area contributed by atoms with Gasteiger partial charge in [-0.15, -0.1) is 0 Å². The molecular weight excluding hydrogens is 284 g/mol. The molecule has 1 saturated carbocycles. The third kappa shape index (κ3) is 7.44. The zero-order valence-electron chi connectivity index (χ0n) is 11.9. The maximum Gasteiger partial charge on any atom is 0.325 e. The van der Waals surface area contributed by atoms with E-state index in [1.807, 2.05) is 0 Å². The fourth-order valence-electron chi connectivity index (χ4n) is 1.73. The van der Waals surface area contributed by atoms with Gasteiger partial charge < -0.3 is 9.64 Å². The molecule has 8 heteroatoms. The van der Waals surface area contributed by atoms with Crippen LogP contribution in [0.4, 0.5) is 0 Å². The van der Waals surface area contributed by atoms with Crippen molar-refractivity contribution in [2.24, 2.45) is 5.92 Å². The molecule has 0 saturated heterocycles. The molecule has 0 aromatic rings. The number of carbonyl (C=O) groups is 2. The monoisotopic (exact) mass is 306 g/mol. The van der Waals surface area contributed by atoms with Gasteiger partial charge in [-0.3, -0.25) is 9.59 Å². The van der Waals surface area contributed by atoms with Gasteiger partial charge in [0, 0.05) is 19.5 Å². The fraction of sp³-hybridized carbons (Fsp3) is 0.833. The normalized spacial score (nSPS) is 14.9. The van der Waals surface area contributed by atoms with Gasteiger partial charge in [0.15, 0.2) is 0 Å². The Bertz CT molecular complexity index is 445. The van der Waals surface area contributed by atoms with Gasteiger partial charge in [0.25, 0.3) is 0 Å². The predicted molar refractivity (Wildman–Crippen MR) is 73.4 cm³/mol. The molecular formula is C12H22N2O5S. The summed E-state index contributed by atoms with van der Waals surface area (Å²) in [6, 6.07) is 0. The molecule has 116 valence electrons. The molecule has 0 aromatic carbocycles. The lowest BCUT2D eigenvalue weighted by molar-refractivity contribution is -0.149. The lowest BCUT2D eigenvalue weighted by Gasteiger charge is -2.21. The van der Waals surface area contributed by atoms with Crippen LogP contribution in [0, 0.1) is 5.92 Å². The van der Waals surface area contributed by atoms with E-state index in [0.29, 0.717) is 12.5 Å². The number of amides is 1. The van der Waals surface area contributed by atoms with Crippen LogP contribution in [0.5, 0.6) is 0 Å². The highest BCUT2D eigenvalue weighted by molar-refractivity contribution is 7.88. The Labute approximate surface area is 119 Å². The van der Waals surface area contributed by atoms with E-state index in [1.165, 1.54) is 4.90 Å². The standard InChI is InChI=1S/C12H22N2O5S/c1-3-19-12(16)9-14(8-10-4-5-10)11(15)6-7-13-20(2,17)18/h10,13H,3-9H2,1-2H3. The maximum atomic E-state index is 12.0. The second-order valence-corrected chi connectivity index (χ2v) is 6.77. The maximum absolute atomic E-state index is 12.0. The minimum atomic E-state index is -3.30. The average Bonchev–Trinajstić information content (AvgIpc) is 3.10. The van der Waals surface area contributed by atoms with Gasteiger partial charge in [-0.2, -0.15) is 0 Å². The topological polar surface area (TPSA) is 92.8 Å². The molecule has 1 aliphatic rings. The molecule has 0 bridgehead atoms. The van der Waals surface area contributed by atoms with Crippen LogP contribution in [-0.2, 0) is 24.3 Å². The second kappa shape index (κ2) is 7.58. The Morgan fingerprint density at radius 2 is 2.00 bits per heavy atom. The number of sulfonamides is 1. The number of esters is 1. The van der Waals surface area contributed by atoms with Crippen LogP contribution in [0.25, 0.3) is 0 Å². The number of hydrogen-bond acceptors (Lipinski definition) is 5. The van der Waals surface area contributed by atoms with Gasteiger partial charge in [-0.05, 0) is 25.7 Å². The summed E-state index contributed by atoms with van der Waals surface area (Å²) in [5.41, 5.74) is 0. The van der Waals surface area contributed by atoms with Crippen molar-refractivity contribution in [2.75, 3.05) is 32.5 Å². The molecule has 1 aliphatic carbocycles. The first-order valence-corrected chi connectivity index (χ1v) is 8.59. The molecule has 1 rings (SSSR count). The molecule has 1 fully saturated rings. The first kappa shape index (κ1) is 16.9. The van der Waals surface area contributed by atoms with E-state index >= 15 is 0 Å². The molecule has 1 amide bonds. The molecule has 0 aromatic heterocycles. The average molecular weight is 306 g/mol. The molecule has 20 heavy (non-hydrogen) atoms. The summed E-state index contributed by atoms with van der Waals surface area (Å²) >= 11 is 0. The zero-order valence-corrected chi connectivity index (χ0v) is 12.7. The Hall–Kier alpha value is -1.15. The summed E-state index contributed by atoms with van der Waals surface area (Å²) in [5, 5.41) is 0. The van der Waals surface area contributed by atoms with Gasteiger partial charge in [0.1, 0.15) is 6.54 Å². The number of carbonyl (C=O) groups excluding carboxylic acids is 2. The van der Waals surface area contributed by atoms with Crippen molar-refractivity contribution in [3.05, 3.63) is 0 Å². The molecule has 0 aliphatic heterocycles. The number of nitrogens with zero attached hydrogens (tertiary/aromatic N) is 1. The van der Waals surface area contributed by atoms with Crippen LogP contribution in [0.15, 0.2) is 0 Å². The van der Waals surface area contributed by atoms with Crippen LogP contribution in [0.3, 0.4) is 0 Å². The number of hydrogen-bond donors (Lipinski definition) is 1. The minimum absolute atomic E-state index is 0.0409. The van der Waals surface area contributed by atoms with Crippen LogP contribution in [0.1, 0.15) is 26.2 Å². The lowest BCUT2D eigenvalue weighted by atomic mass is 10.3. The summed E-state index contributed by atoms with van der Waals surface area (Å²) in [7, 11) is -3.30. The van der Waals surface area contributed by atoms with Crippen molar-refractivity contribution in [1.82, 2.24) is 9.62 Å². The number of rotatable bonds is 9. The van der Waals surface area contributed by atoms with E-state index in [9.17, 15) is 18.0 Å². The van der Waals surface area contributed by atoms with Gasteiger partial charge in [0.2, 0.25) is 15.9 Å². The van der Waals surface area contributed by atoms with E-state index in [2.05, 4.69) is 4.72 Å². The van der Waals surface area contributed by atoms with E-state index in [-0.39, 0.29) is 32.0 Å². The lowest BCUT2D eigenvalue weighted by Crippen LogP contribution is -2.39. The summed E-state index contributed by atoms with van der Waals surface area (Å²) in [5.74, 6) is -0.213. The van der Waals surface area contributed by atoms with Gasteiger partial charge >= 0.3 is 5.97 Å². The minimum Gasteiger partial charge on any atom is -0.465 e. The molecule has 7 nitrogen and oxygen atoms in total. The quantitative estimate of drug-likeness (QED) is 0.592. The van der Waals surface area contributed by atoms with Crippen molar-refractivity contribution >= 4 is 21.9 Å². The van der Waals surface area contributed by atoms with Crippen molar-refractivity contribution < 1.29 is 22.7 Å². The highest BCUT2D eigenvalue weighted by Gasteiger charge is 2.28. The Morgan fingerprint density at radius 3 is 2.50 bits per heavy atom. The molecule has 0 atom stereocenters. The zero-order chi connectivity index (χ0) is 15.2. The van der Waals surface area contributed by atoms with E-state index in [4.69, 9.17) is 4.74 Å². The summed E-state index contributed by atoms with van der Waals surface area (Å²) in [4.78, 5) is 24.9. The van der Waals surface area contributed by atoms with Crippen molar-refractivity contribution in [3.63, 3.8) is 0 Å². The Morgan fingerprint density at radius 1 is 1.35 bits per heavy atom.